The van der Waals surface area contributed by atoms with Gasteiger partial charge in [0.15, 0.2) is 11.2 Å². The van der Waals surface area contributed by atoms with E-state index in [0.717, 1.165) is 18.5 Å². The Bertz CT molecular complexity index is 1140. The van der Waals surface area contributed by atoms with Crippen LogP contribution in [0.15, 0.2) is 64.2 Å². The van der Waals surface area contributed by atoms with E-state index >= 15 is 0 Å². The van der Waals surface area contributed by atoms with E-state index < -0.39 is 0 Å². The second kappa shape index (κ2) is 7.25. The van der Waals surface area contributed by atoms with Gasteiger partial charge in [0.1, 0.15) is 17.0 Å². The first kappa shape index (κ1) is 17.3. The van der Waals surface area contributed by atoms with Crippen molar-refractivity contribution < 1.29 is 9.15 Å². The monoisotopic (exact) mass is 363 g/mol. The summed E-state index contributed by atoms with van der Waals surface area (Å²) < 4.78 is 13.6. The number of benzene rings is 1. The van der Waals surface area contributed by atoms with Gasteiger partial charge in [0.25, 0.3) is 0 Å². The Balaban J connectivity index is 1.62. The summed E-state index contributed by atoms with van der Waals surface area (Å²) in [5.41, 5.74) is 2.03. The van der Waals surface area contributed by atoms with E-state index in [-0.39, 0.29) is 5.43 Å². The SMILES string of the molecule is CN(C)CCCOc1ccc2oc(-c3cc4cccn4cn3)cc(=O)c2c1. The Kier molecular flexibility index (Phi) is 4.64. The third kappa shape index (κ3) is 3.71. The molecule has 27 heavy (non-hydrogen) atoms. The zero-order valence-corrected chi connectivity index (χ0v) is 15.4. The number of aromatic nitrogens is 2. The summed E-state index contributed by atoms with van der Waals surface area (Å²) in [6.45, 7) is 1.56. The van der Waals surface area contributed by atoms with Gasteiger partial charge in [-0.25, -0.2) is 4.98 Å². The summed E-state index contributed by atoms with van der Waals surface area (Å²) in [5.74, 6) is 1.13. The molecule has 0 saturated heterocycles. The van der Waals surface area contributed by atoms with Crippen molar-refractivity contribution in [1.82, 2.24) is 14.3 Å². The molecule has 0 bridgehead atoms. The van der Waals surface area contributed by atoms with Gasteiger partial charge in [-0.05, 0) is 56.9 Å². The molecule has 1 aromatic carbocycles. The molecule has 138 valence electrons. The molecule has 0 amide bonds. The van der Waals surface area contributed by atoms with E-state index in [1.807, 2.05) is 49.0 Å². The summed E-state index contributed by atoms with van der Waals surface area (Å²) in [7, 11) is 4.06. The zero-order valence-electron chi connectivity index (χ0n) is 15.4. The highest BCUT2D eigenvalue weighted by atomic mass is 16.5. The van der Waals surface area contributed by atoms with Crippen LogP contribution in [-0.4, -0.2) is 41.5 Å². The van der Waals surface area contributed by atoms with Gasteiger partial charge in [0.2, 0.25) is 0 Å². The molecule has 3 aromatic heterocycles. The number of rotatable bonds is 6. The Morgan fingerprint density at radius 1 is 1.19 bits per heavy atom. The smallest absolute Gasteiger partial charge is 0.193 e. The lowest BCUT2D eigenvalue weighted by Gasteiger charge is -2.10. The molecule has 4 aromatic rings. The molecule has 0 saturated carbocycles. The summed E-state index contributed by atoms with van der Waals surface area (Å²) in [6.07, 6.45) is 4.55. The summed E-state index contributed by atoms with van der Waals surface area (Å²) in [6, 6.07) is 12.6. The van der Waals surface area contributed by atoms with Gasteiger partial charge in [0.05, 0.1) is 18.3 Å². The lowest BCUT2D eigenvalue weighted by molar-refractivity contribution is 0.282. The number of hydrogen-bond donors (Lipinski definition) is 0. The number of nitrogens with zero attached hydrogens (tertiary/aromatic N) is 3. The lowest BCUT2D eigenvalue weighted by Crippen LogP contribution is -2.15. The molecule has 0 radical (unpaired) electrons. The molecule has 0 spiro atoms. The van der Waals surface area contributed by atoms with Crippen molar-refractivity contribution in [2.24, 2.45) is 0 Å². The predicted octanol–water partition coefficient (Wildman–Crippen LogP) is 3.44. The van der Waals surface area contributed by atoms with Gasteiger partial charge in [-0.2, -0.15) is 0 Å². The molecule has 6 nitrogen and oxygen atoms in total. The van der Waals surface area contributed by atoms with Crippen LogP contribution in [0.3, 0.4) is 0 Å². The first-order chi connectivity index (χ1) is 13.1. The van der Waals surface area contributed by atoms with E-state index in [9.17, 15) is 4.79 Å². The van der Waals surface area contributed by atoms with Crippen molar-refractivity contribution >= 4 is 16.5 Å². The van der Waals surface area contributed by atoms with E-state index in [4.69, 9.17) is 9.15 Å². The summed E-state index contributed by atoms with van der Waals surface area (Å²) in [4.78, 5) is 19.1. The maximum Gasteiger partial charge on any atom is 0.193 e. The van der Waals surface area contributed by atoms with Gasteiger partial charge in [-0.15, -0.1) is 0 Å². The molecule has 3 heterocycles. The van der Waals surface area contributed by atoms with Crippen molar-refractivity contribution in [3.05, 3.63) is 65.2 Å². The standard InChI is InChI=1S/C21H21N3O3/c1-23(2)8-4-10-26-16-6-7-20-17(12-16)19(25)13-21(27-20)18-11-15-5-3-9-24(15)14-22-18/h3,5-7,9,11-14H,4,8,10H2,1-2H3. The van der Waals surface area contributed by atoms with Crippen LogP contribution in [0, 0.1) is 0 Å². The zero-order chi connectivity index (χ0) is 18.8. The van der Waals surface area contributed by atoms with Crippen molar-refractivity contribution in [3.8, 4) is 17.2 Å². The highest BCUT2D eigenvalue weighted by Crippen LogP contribution is 2.24. The molecule has 0 fully saturated rings. The van der Waals surface area contributed by atoms with Crippen molar-refractivity contribution in [2.45, 2.75) is 6.42 Å². The van der Waals surface area contributed by atoms with Crippen LogP contribution in [0.1, 0.15) is 6.42 Å². The highest BCUT2D eigenvalue weighted by Gasteiger charge is 2.10. The molecule has 0 N–H and O–H groups in total. The molecule has 0 aliphatic carbocycles. The van der Waals surface area contributed by atoms with Crippen LogP contribution < -0.4 is 10.2 Å². The molecule has 0 aliphatic heterocycles. The number of fused-ring (bicyclic) bond motifs is 2. The van der Waals surface area contributed by atoms with Gasteiger partial charge in [-0.3, -0.25) is 4.79 Å². The minimum atomic E-state index is -0.109. The Morgan fingerprint density at radius 3 is 2.93 bits per heavy atom. The number of ether oxygens (including phenoxy) is 1. The van der Waals surface area contributed by atoms with Gasteiger partial charge in [-0.1, -0.05) is 0 Å². The largest absolute Gasteiger partial charge is 0.494 e. The van der Waals surface area contributed by atoms with E-state index in [1.54, 1.807) is 18.5 Å². The average molecular weight is 363 g/mol. The van der Waals surface area contributed by atoms with Crippen molar-refractivity contribution in [1.29, 1.82) is 0 Å². The topological polar surface area (TPSA) is 60.0 Å². The lowest BCUT2D eigenvalue weighted by atomic mass is 10.2. The Hall–Kier alpha value is -3.12. The second-order valence-electron chi connectivity index (χ2n) is 6.75. The van der Waals surface area contributed by atoms with Crippen LogP contribution in [0.25, 0.3) is 27.9 Å². The molecule has 4 rings (SSSR count). The van der Waals surface area contributed by atoms with Gasteiger partial charge >= 0.3 is 0 Å². The Morgan fingerprint density at radius 2 is 2.07 bits per heavy atom. The third-order valence-electron chi connectivity index (χ3n) is 4.39. The fraction of sp³-hybridized carbons (Fsp3) is 0.238. The fourth-order valence-corrected chi connectivity index (χ4v) is 2.99. The molecular weight excluding hydrogens is 342 g/mol. The van der Waals surface area contributed by atoms with Crippen LogP contribution in [-0.2, 0) is 0 Å². The van der Waals surface area contributed by atoms with E-state index in [2.05, 4.69) is 9.88 Å². The molecular formula is C21H21N3O3. The Labute approximate surface area is 156 Å². The summed E-state index contributed by atoms with van der Waals surface area (Å²) >= 11 is 0. The normalized spacial score (nSPS) is 11.5. The second-order valence-corrected chi connectivity index (χ2v) is 6.75. The van der Waals surface area contributed by atoms with Crippen LogP contribution in [0.5, 0.6) is 5.75 Å². The van der Waals surface area contributed by atoms with Gasteiger partial charge in [0, 0.05) is 24.3 Å². The first-order valence-corrected chi connectivity index (χ1v) is 8.89. The predicted molar refractivity (Wildman–Crippen MR) is 105 cm³/mol. The van der Waals surface area contributed by atoms with Crippen molar-refractivity contribution in [2.75, 3.05) is 27.2 Å². The van der Waals surface area contributed by atoms with Crippen molar-refractivity contribution in [3.63, 3.8) is 0 Å². The minimum absolute atomic E-state index is 0.109. The van der Waals surface area contributed by atoms with Crippen LogP contribution >= 0.6 is 0 Å². The molecule has 0 unspecified atom stereocenters. The molecule has 6 heteroatoms. The maximum atomic E-state index is 12.6. The third-order valence-corrected chi connectivity index (χ3v) is 4.39. The van der Waals surface area contributed by atoms with E-state index in [1.165, 1.54) is 6.07 Å². The average Bonchev–Trinajstić information content (AvgIpc) is 3.13. The maximum absolute atomic E-state index is 12.6. The fourth-order valence-electron chi connectivity index (χ4n) is 2.99. The quantitative estimate of drug-likeness (QED) is 0.491. The minimum Gasteiger partial charge on any atom is -0.494 e. The molecule has 0 aliphatic rings. The van der Waals surface area contributed by atoms with E-state index in [0.29, 0.717) is 34.8 Å². The summed E-state index contributed by atoms with van der Waals surface area (Å²) in [5, 5.41) is 0.507. The number of hydrogen-bond acceptors (Lipinski definition) is 5. The van der Waals surface area contributed by atoms with Crippen LogP contribution in [0.2, 0.25) is 0 Å². The van der Waals surface area contributed by atoms with Gasteiger partial charge < -0.3 is 18.5 Å². The highest BCUT2D eigenvalue weighted by molar-refractivity contribution is 5.80. The molecule has 0 atom stereocenters. The first-order valence-electron chi connectivity index (χ1n) is 8.89. The van der Waals surface area contributed by atoms with Crippen LogP contribution in [0.4, 0.5) is 0 Å².